The van der Waals surface area contributed by atoms with Gasteiger partial charge in [0.05, 0.1) is 0 Å². The van der Waals surface area contributed by atoms with Crippen molar-refractivity contribution in [2.24, 2.45) is 0 Å². The van der Waals surface area contributed by atoms with Crippen molar-refractivity contribution >= 4 is 8.58 Å². The Morgan fingerprint density at radius 2 is 1.86 bits per heavy atom. The fourth-order valence-corrected chi connectivity index (χ4v) is 1.74. The molecule has 0 bridgehead atoms. The summed E-state index contributed by atoms with van der Waals surface area (Å²) in [5.74, 6) is 0. The van der Waals surface area contributed by atoms with Gasteiger partial charge in [0.2, 0.25) is 0 Å². The first-order chi connectivity index (χ1) is 3.39. The van der Waals surface area contributed by atoms with Crippen LogP contribution in [0.4, 0.5) is 0 Å². The van der Waals surface area contributed by atoms with E-state index in [0.717, 1.165) is 21.7 Å². The predicted octanol–water partition coefficient (Wildman–Crippen LogP) is 0.370. The van der Waals surface area contributed by atoms with Crippen LogP contribution in [0, 0.1) is 0 Å². The first kappa shape index (κ1) is 5.49. The Kier molecular flexibility index (Phi) is 2.04. The molecule has 1 heterocycles. The SMILES string of the molecule is ON1CCPCC1. The molecule has 1 fully saturated rings. The Morgan fingerprint density at radius 3 is 2.14 bits per heavy atom. The van der Waals surface area contributed by atoms with E-state index < -0.39 is 0 Å². The van der Waals surface area contributed by atoms with Crippen LogP contribution in [-0.4, -0.2) is 35.7 Å². The van der Waals surface area contributed by atoms with E-state index in [9.17, 15) is 0 Å². The molecule has 0 aliphatic carbocycles. The third-order valence-corrected chi connectivity index (χ3v) is 2.25. The van der Waals surface area contributed by atoms with Crippen molar-refractivity contribution in [1.29, 1.82) is 0 Å². The lowest BCUT2D eigenvalue weighted by molar-refractivity contribution is -0.0819. The van der Waals surface area contributed by atoms with E-state index >= 15 is 0 Å². The Bertz CT molecular complexity index is 53.7. The molecule has 1 saturated heterocycles. The fourth-order valence-electron chi connectivity index (χ4n) is 0.653. The minimum absolute atomic E-state index is 0.887. The Labute approximate surface area is 45.3 Å². The second-order valence-electron chi connectivity index (χ2n) is 1.70. The quantitative estimate of drug-likeness (QED) is 0.466. The van der Waals surface area contributed by atoms with Crippen LogP contribution in [-0.2, 0) is 0 Å². The van der Waals surface area contributed by atoms with Crippen molar-refractivity contribution < 1.29 is 5.21 Å². The highest BCUT2D eigenvalue weighted by Gasteiger charge is 2.04. The minimum atomic E-state index is 0.887. The van der Waals surface area contributed by atoms with Gasteiger partial charge in [-0.3, -0.25) is 0 Å². The maximum absolute atomic E-state index is 8.75. The molecule has 0 amide bonds. The van der Waals surface area contributed by atoms with Crippen LogP contribution < -0.4 is 0 Å². The van der Waals surface area contributed by atoms with Crippen LogP contribution in [0.2, 0.25) is 0 Å². The average molecular weight is 119 g/mol. The number of hydrogen-bond donors (Lipinski definition) is 1. The molecule has 42 valence electrons. The van der Waals surface area contributed by atoms with Crippen molar-refractivity contribution in [2.75, 3.05) is 25.4 Å². The molecule has 1 N–H and O–H groups in total. The average Bonchev–Trinajstić information content (AvgIpc) is 1.69. The van der Waals surface area contributed by atoms with Crippen molar-refractivity contribution in [3.05, 3.63) is 0 Å². The molecule has 7 heavy (non-hydrogen) atoms. The van der Waals surface area contributed by atoms with Crippen molar-refractivity contribution in [3.63, 3.8) is 0 Å². The molecule has 1 rings (SSSR count). The number of nitrogens with zero attached hydrogens (tertiary/aromatic N) is 1. The lowest BCUT2D eigenvalue weighted by atomic mass is 10.6. The molecular formula is C4H10NOP. The summed E-state index contributed by atoms with van der Waals surface area (Å²) in [7, 11) is 1.09. The van der Waals surface area contributed by atoms with E-state index in [-0.39, 0.29) is 0 Å². The Balaban J connectivity index is 2.12. The van der Waals surface area contributed by atoms with Gasteiger partial charge in [-0.25, -0.2) is 0 Å². The van der Waals surface area contributed by atoms with Gasteiger partial charge in [0.1, 0.15) is 0 Å². The van der Waals surface area contributed by atoms with Crippen LogP contribution in [0.15, 0.2) is 0 Å². The summed E-state index contributed by atoms with van der Waals surface area (Å²) in [4.78, 5) is 0. The largest absolute Gasteiger partial charge is 0.314 e. The van der Waals surface area contributed by atoms with Crippen molar-refractivity contribution in [3.8, 4) is 0 Å². The molecule has 1 aliphatic heterocycles. The Morgan fingerprint density at radius 1 is 1.29 bits per heavy atom. The first-order valence-corrected chi connectivity index (χ1v) is 3.95. The van der Waals surface area contributed by atoms with E-state index in [1.807, 2.05) is 0 Å². The monoisotopic (exact) mass is 119 g/mol. The molecule has 2 nitrogen and oxygen atoms in total. The third kappa shape index (κ3) is 1.72. The van der Waals surface area contributed by atoms with E-state index in [0.29, 0.717) is 0 Å². The van der Waals surface area contributed by atoms with Crippen LogP contribution in [0.1, 0.15) is 0 Å². The predicted molar refractivity (Wildman–Crippen MR) is 31.4 cm³/mol. The zero-order valence-electron chi connectivity index (χ0n) is 4.22. The van der Waals surface area contributed by atoms with Gasteiger partial charge in [-0.2, -0.15) is 5.06 Å². The number of rotatable bonds is 0. The number of hydrogen-bond acceptors (Lipinski definition) is 2. The lowest BCUT2D eigenvalue weighted by Crippen LogP contribution is -2.27. The maximum Gasteiger partial charge on any atom is 0.0275 e. The standard InChI is InChI=1S/C4H10NOP/c6-5-1-3-7-4-2-5/h6-7H,1-4H2. The molecule has 0 radical (unpaired) electrons. The summed E-state index contributed by atoms with van der Waals surface area (Å²) in [6, 6.07) is 0. The number of hydroxylamine groups is 2. The molecule has 0 atom stereocenters. The second kappa shape index (κ2) is 2.61. The maximum atomic E-state index is 8.75. The molecule has 1 aliphatic rings. The van der Waals surface area contributed by atoms with Gasteiger partial charge in [0, 0.05) is 13.1 Å². The van der Waals surface area contributed by atoms with Crippen LogP contribution >= 0.6 is 8.58 Å². The summed E-state index contributed by atoms with van der Waals surface area (Å²) in [6.45, 7) is 1.77. The highest BCUT2D eigenvalue weighted by Crippen LogP contribution is 2.13. The lowest BCUT2D eigenvalue weighted by Gasteiger charge is -2.18. The topological polar surface area (TPSA) is 23.5 Å². The molecule has 0 aromatic carbocycles. The summed E-state index contributed by atoms with van der Waals surface area (Å²) in [5, 5.41) is 10.1. The van der Waals surface area contributed by atoms with Gasteiger partial charge >= 0.3 is 0 Å². The Hall–Kier alpha value is 0.350. The summed E-state index contributed by atoms with van der Waals surface area (Å²) >= 11 is 0. The molecule has 3 heteroatoms. The van der Waals surface area contributed by atoms with Crippen LogP contribution in [0.25, 0.3) is 0 Å². The normalized spacial score (nSPS) is 25.3. The van der Waals surface area contributed by atoms with Crippen LogP contribution in [0.5, 0.6) is 0 Å². The first-order valence-electron chi connectivity index (χ1n) is 2.54. The van der Waals surface area contributed by atoms with Gasteiger partial charge in [0.15, 0.2) is 0 Å². The van der Waals surface area contributed by atoms with E-state index in [1.54, 1.807) is 0 Å². The summed E-state index contributed by atoms with van der Waals surface area (Å²) in [5.41, 5.74) is 0. The molecule has 0 aromatic rings. The van der Waals surface area contributed by atoms with E-state index in [1.165, 1.54) is 17.4 Å². The van der Waals surface area contributed by atoms with E-state index in [4.69, 9.17) is 5.21 Å². The van der Waals surface area contributed by atoms with Gasteiger partial charge in [-0.15, -0.1) is 8.58 Å². The molecule has 0 aromatic heterocycles. The second-order valence-corrected chi connectivity index (χ2v) is 3.20. The fraction of sp³-hybridized carbons (Fsp3) is 1.00. The highest BCUT2D eigenvalue weighted by molar-refractivity contribution is 7.38. The van der Waals surface area contributed by atoms with Gasteiger partial charge < -0.3 is 5.21 Å². The van der Waals surface area contributed by atoms with E-state index in [2.05, 4.69) is 0 Å². The van der Waals surface area contributed by atoms with Gasteiger partial charge in [-0.1, -0.05) is 0 Å². The minimum Gasteiger partial charge on any atom is -0.314 e. The molecular weight excluding hydrogens is 109 g/mol. The van der Waals surface area contributed by atoms with Gasteiger partial charge in [-0.05, 0) is 12.3 Å². The molecule has 0 spiro atoms. The van der Waals surface area contributed by atoms with Gasteiger partial charge in [0.25, 0.3) is 0 Å². The third-order valence-electron chi connectivity index (χ3n) is 1.09. The zero-order chi connectivity index (χ0) is 5.11. The summed E-state index contributed by atoms with van der Waals surface area (Å²) < 4.78 is 0. The molecule has 0 unspecified atom stereocenters. The smallest absolute Gasteiger partial charge is 0.0275 e. The van der Waals surface area contributed by atoms with Crippen LogP contribution in [0.3, 0.4) is 0 Å². The summed E-state index contributed by atoms with van der Waals surface area (Å²) in [6.07, 6.45) is 2.38. The highest BCUT2D eigenvalue weighted by atomic mass is 31.1. The van der Waals surface area contributed by atoms with Crippen molar-refractivity contribution in [2.45, 2.75) is 0 Å². The zero-order valence-corrected chi connectivity index (χ0v) is 5.22. The molecule has 0 saturated carbocycles. The van der Waals surface area contributed by atoms with Crippen molar-refractivity contribution in [1.82, 2.24) is 5.06 Å².